The predicted molar refractivity (Wildman–Crippen MR) is 49.2 cm³/mol. The van der Waals surface area contributed by atoms with Crippen LogP contribution in [0.5, 0.6) is 0 Å². The molecule has 0 spiro atoms. The molecule has 4 N–H and O–H groups in total. The Labute approximate surface area is 85.1 Å². The summed E-state index contributed by atoms with van der Waals surface area (Å²) in [5.74, 6) is -1.92. The van der Waals surface area contributed by atoms with Crippen LogP contribution in [0.2, 0.25) is 0 Å². The van der Waals surface area contributed by atoms with Gasteiger partial charge in [-0.25, -0.2) is 4.79 Å². The molecular formula is C8H11N3O4. The number of carboxylic acid groups (broad SMARTS) is 1. The van der Waals surface area contributed by atoms with Crippen molar-refractivity contribution in [1.29, 1.82) is 0 Å². The largest absolute Gasteiger partial charge is 0.480 e. The molecule has 7 nitrogen and oxygen atoms in total. The molecule has 82 valence electrons. The second-order valence-corrected chi connectivity index (χ2v) is 3.00. The average Bonchev–Trinajstić information content (AvgIpc) is 2.65. The fraction of sp³-hybridized carbons (Fsp3) is 0.375. The SMILES string of the molecule is C[C@@H](O)[C@H](NC(=O)c1ccn[nH]1)C(=O)O. The van der Waals surface area contributed by atoms with Crippen LogP contribution in [0.25, 0.3) is 0 Å². The molecule has 0 saturated carbocycles. The average molecular weight is 213 g/mol. The fourth-order valence-electron chi connectivity index (χ4n) is 0.990. The molecular weight excluding hydrogens is 202 g/mol. The van der Waals surface area contributed by atoms with E-state index in [9.17, 15) is 9.59 Å². The van der Waals surface area contributed by atoms with Gasteiger partial charge in [-0.2, -0.15) is 5.10 Å². The smallest absolute Gasteiger partial charge is 0.328 e. The van der Waals surface area contributed by atoms with Crippen LogP contribution in [-0.4, -0.2) is 44.4 Å². The highest BCUT2D eigenvalue weighted by molar-refractivity contribution is 5.94. The number of carbonyl (C=O) groups is 2. The number of carbonyl (C=O) groups excluding carboxylic acids is 1. The first-order valence-electron chi connectivity index (χ1n) is 4.23. The van der Waals surface area contributed by atoms with E-state index in [0.717, 1.165) is 0 Å². The Balaban J connectivity index is 2.67. The third-order valence-electron chi connectivity index (χ3n) is 1.78. The van der Waals surface area contributed by atoms with Gasteiger partial charge in [0.15, 0.2) is 6.04 Å². The zero-order chi connectivity index (χ0) is 11.4. The number of aliphatic hydroxyl groups excluding tert-OH is 1. The molecule has 1 heterocycles. The summed E-state index contributed by atoms with van der Waals surface area (Å²) in [7, 11) is 0. The first kappa shape index (κ1) is 11.2. The maximum atomic E-state index is 11.4. The van der Waals surface area contributed by atoms with Gasteiger partial charge in [0.1, 0.15) is 5.69 Å². The first-order chi connectivity index (χ1) is 7.02. The molecule has 0 fully saturated rings. The number of nitrogens with one attached hydrogen (secondary N) is 2. The van der Waals surface area contributed by atoms with Crippen LogP contribution in [-0.2, 0) is 4.79 Å². The number of aliphatic carboxylic acids is 1. The molecule has 0 radical (unpaired) electrons. The van der Waals surface area contributed by atoms with E-state index < -0.39 is 24.0 Å². The molecule has 1 rings (SSSR count). The fourth-order valence-corrected chi connectivity index (χ4v) is 0.990. The summed E-state index contributed by atoms with van der Waals surface area (Å²) in [5.41, 5.74) is 0.141. The Morgan fingerprint density at radius 1 is 1.60 bits per heavy atom. The second kappa shape index (κ2) is 4.56. The molecule has 0 bridgehead atoms. The zero-order valence-electron chi connectivity index (χ0n) is 7.97. The van der Waals surface area contributed by atoms with Crippen molar-refractivity contribution >= 4 is 11.9 Å². The van der Waals surface area contributed by atoms with E-state index in [2.05, 4.69) is 15.5 Å². The van der Waals surface area contributed by atoms with E-state index in [-0.39, 0.29) is 5.69 Å². The standard InChI is InChI=1S/C8H11N3O4/c1-4(12)6(8(14)15)10-7(13)5-2-3-9-11-5/h2-4,6,12H,1H3,(H,9,11)(H,10,13)(H,14,15)/t4-,6+/m1/s1. The highest BCUT2D eigenvalue weighted by Gasteiger charge is 2.25. The Bertz CT molecular complexity index is 347. The maximum Gasteiger partial charge on any atom is 0.328 e. The molecule has 2 atom stereocenters. The number of H-pyrrole nitrogens is 1. The number of aliphatic hydroxyl groups is 1. The molecule has 0 aliphatic carbocycles. The quantitative estimate of drug-likeness (QED) is 0.510. The van der Waals surface area contributed by atoms with E-state index in [4.69, 9.17) is 10.2 Å². The van der Waals surface area contributed by atoms with Gasteiger partial charge in [0.05, 0.1) is 6.10 Å². The van der Waals surface area contributed by atoms with Gasteiger partial charge in [0.25, 0.3) is 5.91 Å². The molecule has 0 aromatic carbocycles. The maximum absolute atomic E-state index is 11.4. The van der Waals surface area contributed by atoms with Crippen LogP contribution in [0.15, 0.2) is 12.3 Å². The second-order valence-electron chi connectivity index (χ2n) is 3.00. The van der Waals surface area contributed by atoms with Crippen LogP contribution in [0, 0.1) is 0 Å². The molecule has 1 aromatic heterocycles. The summed E-state index contributed by atoms with van der Waals surface area (Å²) >= 11 is 0. The number of hydrogen-bond donors (Lipinski definition) is 4. The van der Waals surface area contributed by atoms with E-state index in [1.165, 1.54) is 19.2 Å². The third-order valence-corrected chi connectivity index (χ3v) is 1.78. The van der Waals surface area contributed by atoms with E-state index in [0.29, 0.717) is 0 Å². The first-order valence-corrected chi connectivity index (χ1v) is 4.23. The van der Waals surface area contributed by atoms with Gasteiger partial charge in [0.2, 0.25) is 0 Å². The monoisotopic (exact) mass is 213 g/mol. The van der Waals surface area contributed by atoms with Gasteiger partial charge in [-0.15, -0.1) is 0 Å². The Morgan fingerprint density at radius 3 is 2.67 bits per heavy atom. The zero-order valence-corrected chi connectivity index (χ0v) is 7.97. The van der Waals surface area contributed by atoms with E-state index in [1.807, 2.05) is 0 Å². The van der Waals surface area contributed by atoms with Gasteiger partial charge in [-0.3, -0.25) is 9.89 Å². The van der Waals surface area contributed by atoms with Crippen LogP contribution in [0.1, 0.15) is 17.4 Å². The summed E-state index contributed by atoms with van der Waals surface area (Å²) < 4.78 is 0. The minimum atomic E-state index is -1.33. The predicted octanol–water partition coefficient (Wildman–Crippen LogP) is -1.03. The molecule has 0 unspecified atom stereocenters. The Kier molecular flexibility index (Phi) is 3.40. The molecule has 15 heavy (non-hydrogen) atoms. The van der Waals surface area contributed by atoms with Crippen molar-refractivity contribution in [3.63, 3.8) is 0 Å². The molecule has 0 saturated heterocycles. The molecule has 0 aliphatic rings. The molecule has 7 heteroatoms. The minimum Gasteiger partial charge on any atom is -0.480 e. The van der Waals surface area contributed by atoms with Crippen molar-refractivity contribution in [3.8, 4) is 0 Å². The number of hydrogen-bond acceptors (Lipinski definition) is 4. The van der Waals surface area contributed by atoms with Crippen LogP contribution in [0.4, 0.5) is 0 Å². The topological polar surface area (TPSA) is 115 Å². The van der Waals surface area contributed by atoms with Crippen molar-refractivity contribution in [2.75, 3.05) is 0 Å². The van der Waals surface area contributed by atoms with Crippen LogP contribution >= 0.6 is 0 Å². The minimum absolute atomic E-state index is 0.141. The van der Waals surface area contributed by atoms with Crippen molar-refractivity contribution in [2.24, 2.45) is 0 Å². The lowest BCUT2D eigenvalue weighted by atomic mass is 10.2. The van der Waals surface area contributed by atoms with Crippen LogP contribution < -0.4 is 5.32 Å². The lowest BCUT2D eigenvalue weighted by molar-refractivity contribution is -0.141. The summed E-state index contributed by atoms with van der Waals surface area (Å²) in [6.07, 6.45) is 0.196. The highest BCUT2D eigenvalue weighted by Crippen LogP contribution is 1.97. The van der Waals surface area contributed by atoms with E-state index in [1.54, 1.807) is 0 Å². The highest BCUT2D eigenvalue weighted by atomic mass is 16.4. The van der Waals surface area contributed by atoms with E-state index >= 15 is 0 Å². The van der Waals surface area contributed by atoms with Gasteiger partial charge >= 0.3 is 5.97 Å². The van der Waals surface area contributed by atoms with Gasteiger partial charge < -0.3 is 15.5 Å². The number of rotatable bonds is 4. The molecule has 0 aliphatic heterocycles. The number of amides is 1. The summed E-state index contributed by atoms with van der Waals surface area (Å²) in [5, 5.41) is 25.9. The van der Waals surface area contributed by atoms with Crippen molar-refractivity contribution in [3.05, 3.63) is 18.0 Å². The lowest BCUT2D eigenvalue weighted by Gasteiger charge is -2.16. The van der Waals surface area contributed by atoms with Crippen LogP contribution in [0.3, 0.4) is 0 Å². The normalized spacial score (nSPS) is 14.3. The van der Waals surface area contributed by atoms with Gasteiger partial charge in [-0.1, -0.05) is 0 Å². The summed E-state index contributed by atoms with van der Waals surface area (Å²) in [6, 6.07) is 0.0665. The van der Waals surface area contributed by atoms with Gasteiger partial charge in [0, 0.05) is 6.20 Å². The number of aromatic amines is 1. The molecule has 1 aromatic rings. The summed E-state index contributed by atoms with van der Waals surface area (Å²) in [4.78, 5) is 22.0. The van der Waals surface area contributed by atoms with Gasteiger partial charge in [-0.05, 0) is 13.0 Å². The third kappa shape index (κ3) is 2.78. The molecule has 1 amide bonds. The van der Waals surface area contributed by atoms with Crippen molar-refractivity contribution in [1.82, 2.24) is 15.5 Å². The number of carboxylic acids is 1. The number of nitrogens with zero attached hydrogens (tertiary/aromatic N) is 1. The lowest BCUT2D eigenvalue weighted by Crippen LogP contribution is -2.47. The Morgan fingerprint density at radius 2 is 2.27 bits per heavy atom. The Hall–Kier alpha value is -1.89. The summed E-state index contributed by atoms with van der Waals surface area (Å²) in [6.45, 7) is 1.28. The number of aromatic nitrogens is 2. The van der Waals surface area contributed by atoms with Crippen molar-refractivity contribution < 1.29 is 19.8 Å². The van der Waals surface area contributed by atoms with Crippen molar-refractivity contribution in [2.45, 2.75) is 19.1 Å².